The second kappa shape index (κ2) is 5.30. The predicted molar refractivity (Wildman–Crippen MR) is 69.7 cm³/mol. The Labute approximate surface area is 112 Å². The minimum Gasteiger partial charge on any atom is -0.485 e. The van der Waals surface area contributed by atoms with Gasteiger partial charge in [-0.05, 0) is 26.0 Å². The van der Waals surface area contributed by atoms with Crippen LogP contribution < -0.4 is 9.47 Å². The Hall–Kier alpha value is -2.04. The van der Waals surface area contributed by atoms with Crippen molar-refractivity contribution in [1.82, 2.24) is 4.90 Å². The Balaban J connectivity index is 1.98. The van der Waals surface area contributed by atoms with Gasteiger partial charge < -0.3 is 14.4 Å². The van der Waals surface area contributed by atoms with Crippen molar-refractivity contribution in [1.29, 1.82) is 0 Å². The highest BCUT2D eigenvalue weighted by Crippen LogP contribution is 2.29. The number of rotatable bonds is 4. The van der Waals surface area contributed by atoms with E-state index in [1.54, 1.807) is 30.1 Å². The Bertz CT molecular complexity index is 510. The lowest BCUT2D eigenvalue weighted by molar-refractivity contribution is -0.133. The molecule has 5 nitrogen and oxygen atoms in total. The van der Waals surface area contributed by atoms with Gasteiger partial charge in [0, 0.05) is 19.2 Å². The molecule has 0 saturated carbocycles. The first kappa shape index (κ1) is 13.4. The molecule has 0 radical (unpaired) electrons. The number of carbonyl (C=O) groups is 2. The number of amides is 1. The van der Waals surface area contributed by atoms with Crippen molar-refractivity contribution in [3.05, 3.63) is 23.8 Å². The third-order valence-corrected chi connectivity index (χ3v) is 3.14. The van der Waals surface area contributed by atoms with E-state index in [9.17, 15) is 9.59 Å². The van der Waals surface area contributed by atoms with Gasteiger partial charge in [-0.25, -0.2) is 0 Å². The fraction of sp³-hybridized carbons (Fsp3) is 0.429. The molecule has 5 heteroatoms. The van der Waals surface area contributed by atoms with E-state index in [0.717, 1.165) is 0 Å². The summed E-state index contributed by atoms with van der Waals surface area (Å²) < 4.78 is 10.6. The van der Waals surface area contributed by atoms with Crippen LogP contribution in [-0.2, 0) is 4.79 Å². The maximum atomic E-state index is 11.8. The zero-order valence-electron chi connectivity index (χ0n) is 11.3. The minimum absolute atomic E-state index is 0.0264. The molecule has 1 heterocycles. The van der Waals surface area contributed by atoms with Crippen LogP contribution in [0.1, 0.15) is 24.2 Å². The smallest absolute Gasteiger partial charge is 0.260 e. The van der Waals surface area contributed by atoms with E-state index in [4.69, 9.17) is 9.47 Å². The van der Waals surface area contributed by atoms with Gasteiger partial charge in [-0.15, -0.1) is 0 Å². The lowest BCUT2D eigenvalue weighted by atomic mass is 10.1. The van der Waals surface area contributed by atoms with E-state index >= 15 is 0 Å². The van der Waals surface area contributed by atoms with E-state index in [-0.39, 0.29) is 30.9 Å². The van der Waals surface area contributed by atoms with Gasteiger partial charge in [-0.3, -0.25) is 9.59 Å². The monoisotopic (exact) mass is 263 g/mol. The summed E-state index contributed by atoms with van der Waals surface area (Å²) in [4.78, 5) is 24.8. The molecule has 0 spiro atoms. The highest BCUT2D eigenvalue weighted by molar-refractivity contribution is 6.02. The Morgan fingerprint density at radius 2 is 2.21 bits per heavy atom. The number of hydrogen-bond acceptors (Lipinski definition) is 4. The first-order valence-corrected chi connectivity index (χ1v) is 6.17. The number of Topliss-reactive ketones (excluding diaryl/α,β-unsaturated/α-hetero) is 1. The van der Waals surface area contributed by atoms with E-state index in [1.807, 2.05) is 13.8 Å². The maximum Gasteiger partial charge on any atom is 0.260 e. The molecule has 1 aliphatic rings. The summed E-state index contributed by atoms with van der Waals surface area (Å²) in [6.45, 7) is 3.93. The minimum atomic E-state index is -0.0903. The molecule has 0 unspecified atom stereocenters. The highest BCUT2D eigenvalue weighted by Gasteiger charge is 2.21. The molecule has 0 saturated heterocycles. The fourth-order valence-corrected chi connectivity index (χ4v) is 1.70. The topological polar surface area (TPSA) is 55.8 Å². The molecule has 1 aromatic rings. The fourth-order valence-electron chi connectivity index (χ4n) is 1.70. The number of likely N-dealkylation sites (N-methyl/N-ethyl adjacent to an activating group) is 1. The van der Waals surface area contributed by atoms with Gasteiger partial charge >= 0.3 is 0 Å². The first-order valence-electron chi connectivity index (χ1n) is 6.17. The SMILES string of the molecule is CC(C)N(C)C(=O)COc1ccc2c(c1)OCC2=O. The lowest BCUT2D eigenvalue weighted by Gasteiger charge is -2.21. The van der Waals surface area contributed by atoms with Crippen molar-refractivity contribution in [2.45, 2.75) is 19.9 Å². The van der Waals surface area contributed by atoms with E-state index in [0.29, 0.717) is 17.1 Å². The Morgan fingerprint density at radius 3 is 2.89 bits per heavy atom. The summed E-state index contributed by atoms with van der Waals surface area (Å²) in [6.07, 6.45) is 0. The van der Waals surface area contributed by atoms with Crippen LogP contribution in [0.15, 0.2) is 18.2 Å². The molecule has 0 bridgehead atoms. The van der Waals surface area contributed by atoms with Crippen LogP contribution in [0.4, 0.5) is 0 Å². The molecule has 102 valence electrons. The van der Waals surface area contributed by atoms with Crippen molar-refractivity contribution in [3.63, 3.8) is 0 Å². The van der Waals surface area contributed by atoms with Crippen molar-refractivity contribution >= 4 is 11.7 Å². The van der Waals surface area contributed by atoms with Crippen molar-refractivity contribution in [2.24, 2.45) is 0 Å². The normalized spacial score (nSPS) is 13.2. The summed E-state index contributed by atoms with van der Waals surface area (Å²) in [5, 5.41) is 0. The van der Waals surface area contributed by atoms with Crippen LogP contribution in [-0.4, -0.2) is 42.9 Å². The van der Waals surface area contributed by atoms with Crippen molar-refractivity contribution < 1.29 is 19.1 Å². The molecule has 0 atom stereocenters. The van der Waals surface area contributed by atoms with Crippen LogP contribution in [0.5, 0.6) is 11.5 Å². The number of ketones is 1. The van der Waals surface area contributed by atoms with Gasteiger partial charge in [0.15, 0.2) is 13.2 Å². The third kappa shape index (κ3) is 2.86. The summed E-state index contributed by atoms with van der Waals surface area (Å²) in [6, 6.07) is 5.12. The number of benzene rings is 1. The zero-order chi connectivity index (χ0) is 14.0. The summed E-state index contributed by atoms with van der Waals surface area (Å²) in [7, 11) is 1.74. The number of nitrogens with zero attached hydrogens (tertiary/aromatic N) is 1. The van der Waals surface area contributed by atoms with E-state index < -0.39 is 0 Å². The van der Waals surface area contributed by atoms with Gasteiger partial charge in [0.2, 0.25) is 5.78 Å². The molecule has 1 aliphatic heterocycles. The predicted octanol–water partition coefficient (Wildman–Crippen LogP) is 1.51. The first-order chi connectivity index (χ1) is 8.99. The average Bonchev–Trinajstić information content (AvgIpc) is 2.76. The molecule has 19 heavy (non-hydrogen) atoms. The second-order valence-corrected chi connectivity index (χ2v) is 4.76. The Morgan fingerprint density at radius 1 is 1.47 bits per heavy atom. The second-order valence-electron chi connectivity index (χ2n) is 4.76. The van der Waals surface area contributed by atoms with Crippen LogP contribution in [0, 0.1) is 0 Å². The van der Waals surface area contributed by atoms with Gasteiger partial charge in [-0.2, -0.15) is 0 Å². The average molecular weight is 263 g/mol. The number of hydrogen-bond donors (Lipinski definition) is 0. The van der Waals surface area contributed by atoms with Gasteiger partial charge in [0.1, 0.15) is 11.5 Å². The van der Waals surface area contributed by atoms with Crippen molar-refractivity contribution in [2.75, 3.05) is 20.3 Å². The summed E-state index contributed by atoms with van der Waals surface area (Å²) in [5.74, 6) is 0.927. The van der Waals surface area contributed by atoms with Gasteiger partial charge in [0.25, 0.3) is 5.91 Å². The largest absolute Gasteiger partial charge is 0.485 e. The van der Waals surface area contributed by atoms with Crippen LogP contribution in [0.25, 0.3) is 0 Å². The molecular formula is C14H17NO4. The molecule has 1 aromatic carbocycles. The van der Waals surface area contributed by atoms with E-state index in [2.05, 4.69) is 0 Å². The number of fused-ring (bicyclic) bond motifs is 1. The third-order valence-electron chi connectivity index (χ3n) is 3.14. The van der Waals surface area contributed by atoms with Gasteiger partial charge in [-0.1, -0.05) is 0 Å². The molecule has 2 rings (SSSR count). The summed E-state index contributed by atoms with van der Waals surface area (Å²) >= 11 is 0. The highest BCUT2D eigenvalue weighted by atomic mass is 16.5. The maximum absolute atomic E-state index is 11.8. The summed E-state index contributed by atoms with van der Waals surface area (Å²) in [5.41, 5.74) is 0.568. The molecule has 0 fully saturated rings. The number of ether oxygens (including phenoxy) is 2. The van der Waals surface area contributed by atoms with Crippen molar-refractivity contribution in [3.8, 4) is 11.5 Å². The van der Waals surface area contributed by atoms with Gasteiger partial charge in [0.05, 0.1) is 5.56 Å². The Kier molecular flexibility index (Phi) is 3.74. The van der Waals surface area contributed by atoms with Crippen LogP contribution in [0.2, 0.25) is 0 Å². The quantitative estimate of drug-likeness (QED) is 0.826. The standard InChI is InChI=1S/C14H17NO4/c1-9(2)15(3)14(17)8-18-10-4-5-11-12(16)7-19-13(11)6-10/h4-6,9H,7-8H2,1-3H3. The lowest BCUT2D eigenvalue weighted by Crippen LogP contribution is -2.36. The van der Waals surface area contributed by atoms with Crippen LogP contribution in [0.3, 0.4) is 0 Å². The molecule has 0 aliphatic carbocycles. The molecule has 1 amide bonds. The molecule has 0 aromatic heterocycles. The molecule has 0 N–H and O–H groups in total. The van der Waals surface area contributed by atoms with Crippen LogP contribution >= 0.6 is 0 Å². The van der Waals surface area contributed by atoms with E-state index in [1.165, 1.54) is 0 Å². The number of carbonyl (C=O) groups excluding carboxylic acids is 2. The zero-order valence-corrected chi connectivity index (χ0v) is 11.3. The molecular weight excluding hydrogens is 246 g/mol.